The first-order valence-electron chi connectivity index (χ1n) is 1.87. The molecule has 0 fully saturated rings. The third-order valence-electron chi connectivity index (χ3n) is 0.560. The molecule has 0 aliphatic rings. The van der Waals surface area contributed by atoms with Gasteiger partial charge in [-0.15, -0.1) is 0 Å². The third kappa shape index (κ3) is 2.53. The summed E-state index contributed by atoms with van der Waals surface area (Å²) in [7, 11) is 4.42. The van der Waals surface area contributed by atoms with Crippen LogP contribution in [0.2, 0.25) is 0 Å². The van der Waals surface area contributed by atoms with Crippen LogP contribution < -0.4 is 0 Å². The van der Waals surface area contributed by atoms with Crippen molar-refractivity contribution in [2.24, 2.45) is 0 Å². The molecule has 0 aromatic rings. The molecule has 0 aliphatic heterocycles. The molecule has 0 heterocycles. The number of rotatable bonds is 0. The fourth-order valence-corrected chi connectivity index (χ4v) is 0.254. The fraction of sp³-hybridized carbons (Fsp3) is 1.00. The number of hydrogen-bond donors (Lipinski definition) is 0. The summed E-state index contributed by atoms with van der Waals surface area (Å²) in [5.41, 5.74) is 0. The van der Waals surface area contributed by atoms with Crippen LogP contribution in [0.1, 0.15) is 6.92 Å². The Balaban J connectivity index is 3.08. The van der Waals surface area contributed by atoms with Crippen LogP contribution in [0.5, 0.6) is 0 Å². The predicted octanol–water partition coefficient (Wildman–Crippen LogP) is 1.50. The molecule has 1 unspecified atom stereocenters. The van der Waals surface area contributed by atoms with Gasteiger partial charge in [0, 0.05) is 0 Å². The molecule has 0 rings (SSSR count). The molecule has 0 aliphatic carbocycles. The van der Waals surface area contributed by atoms with Gasteiger partial charge in [-0.1, -0.05) is 0 Å². The normalized spacial score (nSPS) is 11.7. The Bertz CT molecular complexity index is 74.5. The molecule has 0 aromatic heterocycles. The van der Waals surface area contributed by atoms with Gasteiger partial charge in [-0.05, 0) is 0 Å². The summed E-state index contributed by atoms with van der Waals surface area (Å²) in [6.45, 7) is 1.89. The summed E-state index contributed by atoms with van der Waals surface area (Å²) < 4.78 is 11.3. The van der Waals surface area contributed by atoms with Gasteiger partial charge in [0.2, 0.25) is 0 Å². The van der Waals surface area contributed by atoms with E-state index in [1.54, 1.807) is 0 Å². The molecule has 3 heteroatoms. The molecule has 34 valence electrons. The van der Waals surface area contributed by atoms with Crippen LogP contribution in [-0.4, -0.2) is 19.6 Å². The molecular weight excluding hydrogens is 96.8 g/mol. The first-order chi connectivity index (χ1) is 2.81. The van der Waals surface area contributed by atoms with E-state index in [1.165, 1.54) is 0 Å². The van der Waals surface area contributed by atoms with Gasteiger partial charge < -0.3 is 0 Å². The zero-order chi connectivity index (χ0) is 4.99. The van der Waals surface area contributed by atoms with Crippen LogP contribution in [0.25, 0.3) is 0 Å². The van der Waals surface area contributed by atoms with Crippen molar-refractivity contribution in [1.82, 2.24) is 0 Å². The van der Waals surface area contributed by atoms with Crippen molar-refractivity contribution in [3.8, 4) is 0 Å². The summed E-state index contributed by atoms with van der Waals surface area (Å²) >= 11 is 0. The van der Waals surface area contributed by atoms with Crippen molar-refractivity contribution in [3.63, 3.8) is 0 Å². The molecular formula is C3H7BFP. The average molecular weight is 104 g/mol. The summed E-state index contributed by atoms with van der Waals surface area (Å²) in [4.78, 5) is 0. The Morgan fingerprint density at radius 1 is 1.83 bits per heavy atom. The van der Waals surface area contributed by atoms with E-state index in [-0.39, 0.29) is 6.42 Å². The summed E-state index contributed by atoms with van der Waals surface area (Å²) in [5.74, 6) is 0. The maximum absolute atomic E-state index is 11.3. The Hall–Kier alpha value is 0.295. The van der Waals surface area contributed by atoms with Gasteiger partial charge in [0.15, 0.2) is 0 Å². The van der Waals surface area contributed by atoms with Gasteiger partial charge in [0.05, 0.1) is 0 Å². The van der Waals surface area contributed by atoms with Crippen molar-refractivity contribution in [2.75, 3.05) is 12.6 Å². The summed E-state index contributed by atoms with van der Waals surface area (Å²) in [6.07, 6.45) is 0.470. The Kier molecular flexibility index (Phi) is 3.66. The van der Waals surface area contributed by atoms with Crippen LogP contribution in [-0.2, 0) is 0 Å². The van der Waals surface area contributed by atoms with E-state index in [0.717, 1.165) is 6.16 Å². The van der Waals surface area contributed by atoms with Crippen LogP contribution in [0.3, 0.4) is 0 Å². The summed E-state index contributed by atoms with van der Waals surface area (Å²) in [5, 5.41) is 0. The second kappa shape index (κ2) is 3.48. The van der Waals surface area contributed by atoms with E-state index in [0.29, 0.717) is 0 Å². The number of alkyl halides is 1. The molecule has 0 amide bonds. The first kappa shape index (κ1) is 6.29. The minimum absolute atomic E-state index is 0.328. The van der Waals surface area contributed by atoms with Crippen LogP contribution in [0.15, 0.2) is 0 Å². The zero-order valence-electron chi connectivity index (χ0n) is 3.82. The number of hydrogen-bond acceptors (Lipinski definition) is 0. The maximum atomic E-state index is 11.3. The van der Waals surface area contributed by atoms with Gasteiger partial charge in [0.25, 0.3) is 0 Å². The van der Waals surface area contributed by atoms with E-state index in [1.807, 2.05) is 6.92 Å². The molecule has 0 saturated carbocycles. The van der Waals surface area contributed by atoms with Crippen molar-refractivity contribution in [2.45, 2.75) is 6.92 Å². The van der Waals surface area contributed by atoms with E-state index in [9.17, 15) is 4.39 Å². The van der Waals surface area contributed by atoms with Gasteiger partial charge in [-0.25, -0.2) is 0 Å². The second-order valence-electron chi connectivity index (χ2n) is 1.02. The molecule has 1 atom stereocenters. The molecule has 0 N–H and O–H groups in total. The van der Waals surface area contributed by atoms with E-state index in [2.05, 4.69) is 0 Å². The number of halogens is 1. The third-order valence-corrected chi connectivity index (χ3v) is 1.68. The van der Waals surface area contributed by atoms with E-state index >= 15 is 0 Å². The van der Waals surface area contributed by atoms with Gasteiger partial charge in [-0.2, -0.15) is 0 Å². The minimum atomic E-state index is -0.743. The quantitative estimate of drug-likeness (QED) is 0.322. The van der Waals surface area contributed by atoms with Crippen molar-refractivity contribution < 1.29 is 4.39 Å². The van der Waals surface area contributed by atoms with Gasteiger partial charge in [0.1, 0.15) is 0 Å². The average Bonchev–Trinajstić information content (AvgIpc) is 1.65. The molecule has 0 radical (unpaired) electrons. The molecule has 0 aromatic carbocycles. The Morgan fingerprint density at radius 2 is 2.33 bits per heavy atom. The fourth-order valence-electron chi connectivity index (χ4n) is 0.0845. The van der Waals surface area contributed by atoms with Crippen molar-refractivity contribution >= 4 is 14.2 Å². The molecule has 0 saturated heterocycles. The molecule has 0 nitrogen and oxygen atoms in total. The monoisotopic (exact) mass is 104 g/mol. The first-order valence-corrected chi connectivity index (χ1v) is 3.65. The van der Waals surface area contributed by atoms with Gasteiger partial charge >= 0.3 is 38.1 Å². The second-order valence-corrected chi connectivity index (χ2v) is 3.07. The van der Waals surface area contributed by atoms with Crippen LogP contribution >= 0.6 is 7.24 Å². The standard InChI is InChI=1S/C3H7BFP/c1-2-6(4)3-5/h2-3H2,1H3. The molecule has 0 bridgehead atoms. The van der Waals surface area contributed by atoms with Gasteiger partial charge in [-0.3, -0.25) is 0 Å². The zero-order valence-corrected chi connectivity index (χ0v) is 4.71. The van der Waals surface area contributed by atoms with Crippen LogP contribution in [0.4, 0.5) is 4.39 Å². The van der Waals surface area contributed by atoms with Crippen LogP contribution in [0, 0.1) is 0 Å². The SMILES string of the molecule is B#P(CC)CF. The van der Waals surface area contributed by atoms with E-state index < -0.39 is 7.24 Å². The van der Waals surface area contributed by atoms with Crippen molar-refractivity contribution in [3.05, 3.63) is 0 Å². The van der Waals surface area contributed by atoms with Crippen molar-refractivity contribution in [1.29, 1.82) is 0 Å². The van der Waals surface area contributed by atoms with E-state index in [4.69, 9.17) is 7.01 Å². The Labute approximate surface area is 39.1 Å². The predicted molar refractivity (Wildman–Crippen MR) is 29.2 cm³/mol. The summed E-state index contributed by atoms with van der Waals surface area (Å²) in [6, 6.07) is 0. The topological polar surface area (TPSA) is 0 Å². The molecule has 6 heavy (non-hydrogen) atoms. The Morgan fingerprint density at radius 3 is 2.33 bits per heavy atom. The molecule has 0 spiro atoms.